The molecule has 0 spiro atoms. The first-order valence-corrected chi connectivity index (χ1v) is 8.05. The third-order valence-electron chi connectivity index (χ3n) is 3.66. The first kappa shape index (κ1) is 16.1. The van der Waals surface area contributed by atoms with Crippen LogP contribution in [0.15, 0.2) is 46.9 Å². The lowest BCUT2D eigenvalue weighted by atomic mass is 10.0. The van der Waals surface area contributed by atoms with E-state index in [9.17, 15) is 0 Å². The zero-order valence-corrected chi connectivity index (χ0v) is 14.4. The molecule has 0 saturated carbocycles. The van der Waals surface area contributed by atoms with Crippen LogP contribution in [0.4, 0.5) is 0 Å². The molecule has 3 heteroatoms. The third kappa shape index (κ3) is 4.08. The van der Waals surface area contributed by atoms with Crippen molar-refractivity contribution in [2.45, 2.75) is 39.3 Å². The molecule has 2 atom stereocenters. The van der Waals surface area contributed by atoms with E-state index in [0.717, 1.165) is 27.8 Å². The smallest absolute Gasteiger partial charge is 0.139 e. The molecule has 0 fully saturated rings. The van der Waals surface area contributed by atoms with Gasteiger partial charge in [-0.3, -0.25) is 0 Å². The first-order valence-electron chi connectivity index (χ1n) is 7.26. The minimum absolute atomic E-state index is 0.0360. The Kier molecular flexibility index (Phi) is 5.43. The van der Waals surface area contributed by atoms with Crippen molar-refractivity contribution >= 4 is 15.9 Å². The van der Waals surface area contributed by atoms with Crippen molar-refractivity contribution in [3.8, 4) is 5.75 Å². The van der Waals surface area contributed by atoms with Crippen molar-refractivity contribution in [3.05, 3.63) is 63.6 Å². The highest BCUT2D eigenvalue weighted by atomic mass is 79.9. The molecule has 2 nitrogen and oxygen atoms in total. The molecule has 0 heterocycles. The van der Waals surface area contributed by atoms with E-state index in [-0.39, 0.29) is 12.1 Å². The molecule has 0 radical (unpaired) electrons. The lowest BCUT2D eigenvalue weighted by Crippen LogP contribution is -2.31. The van der Waals surface area contributed by atoms with Crippen LogP contribution in [0.3, 0.4) is 0 Å². The van der Waals surface area contributed by atoms with E-state index in [2.05, 4.69) is 67.0 Å². The molecule has 0 aliphatic carbocycles. The summed E-state index contributed by atoms with van der Waals surface area (Å²) in [5, 5.41) is 0. The van der Waals surface area contributed by atoms with E-state index >= 15 is 0 Å². The molecule has 0 saturated heterocycles. The van der Waals surface area contributed by atoms with Gasteiger partial charge in [-0.25, -0.2) is 0 Å². The Bertz CT molecular complexity index is 595. The molecular weight excluding hydrogens is 326 g/mol. The van der Waals surface area contributed by atoms with Gasteiger partial charge in [-0.15, -0.1) is 0 Å². The fourth-order valence-electron chi connectivity index (χ4n) is 2.24. The number of rotatable bonds is 5. The molecule has 112 valence electrons. The van der Waals surface area contributed by atoms with Crippen molar-refractivity contribution < 1.29 is 4.74 Å². The second-order valence-corrected chi connectivity index (χ2v) is 6.35. The normalized spacial score (nSPS) is 13.8. The summed E-state index contributed by atoms with van der Waals surface area (Å²) in [5.74, 6) is 0.909. The van der Waals surface area contributed by atoms with Crippen molar-refractivity contribution in [1.82, 2.24) is 0 Å². The predicted octanol–water partition coefficient (Wildman–Crippen LogP) is 4.92. The van der Waals surface area contributed by atoms with E-state index in [1.165, 1.54) is 5.56 Å². The summed E-state index contributed by atoms with van der Waals surface area (Å²) in [6.45, 7) is 6.22. The first-order chi connectivity index (χ1) is 10.0. The Morgan fingerprint density at radius 2 is 1.76 bits per heavy atom. The quantitative estimate of drug-likeness (QED) is 0.832. The SMILES string of the molecule is CCC(N)C(Oc1cc(C)ccc1C)c1ccc(Br)cc1. The van der Waals surface area contributed by atoms with Gasteiger partial charge in [0, 0.05) is 10.5 Å². The Hall–Kier alpha value is -1.32. The molecular formula is C18H22BrNO. The maximum absolute atomic E-state index is 6.29. The van der Waals surface area contributed by atoms with E-state index < -0.39 is 0 Å². The van der Waals surface area contributed by atoms with Gasteiger partial charge in [0.05, 0.1) is 0 Å². The van der Waals surface area contributed by atoms with E-state index in [4.69, 9.17) is 10.5 Å². The topological polar surface area (TPSA) is 35.2 Å². The molecule has 21 heavy (non-hydrogen) atoms. The van der Waals surface area contributed by atoms with Crippen molar-refractivity contribution in [1.29, 1.82) is 0 Å². The molecule has 0 aromatic heterocycles. The van der Waals surface area contributed by atoms with Crippen LogP contribution in [0.5, 0.6) is 5.75 Å². The lowest BCUT2D eigenvalue weighted by molar-refractivity contribution is 0.170. The highest BCUT2D eigenvalue weighted by molar-refractivity contribution is 9.10. The average Bonchev–Trinajstić information content (AvgIpc) is 2.48. The maximum atomic E-state index is 6.29. The van der Waals surface area contributed by atoms with E-state index in [1.54, 1.807) is 0 Å². The van der Waals surface area contributed by atoms with E-state index in [1.807, 2.05) is 12.1 Å². The van der Waals surface area contributed by atoms with Crippen LogP contribution < -0.4 is 10.5 Å². The monoisotopic (exact) mass is 347 g/mol. The summed E-state index contributed by atoms with van der Waals surface area (Å²) >= 11 is 3.46. The Labute approximate surface area is 135 Å². The standard InChI is InChI=1S/C18H22BrNO/c1-4-16(20)18(14-7-9-15(19)10-8-14)21-17-11-12(2)5-6-13(17)3/h5-11,16,18H,4,20H2,1-3H3. The van der Waals surface area contributed by atoms with Gasteiger partial charge in [-0.1, -0.05) is 47.1 Å². The largest absolute Gasteiger partial charge is 0.484 e. The zero-order valence-electron chi connectivity index (χ0n) is 12.8. The maximum Gasteiger partial charge on any atom is 0.139 e. The number of aryl methyl sites for hydroxylation is 2. The molecule has 2 aromatic carbocycles. The van der Waals surface area contributed by atoms with Gasteiger partial charge in [0.1, 0.15) is 11.9 Å². The third-order valence-corrected chi connectivity index (χ3v) is 4.19. The molecule has 0 bridgehead atoms. The van der Waals surface area contributed by atoms with Gasteiger partial charge in [-0.2, -0.15) is 0 Å². The molecule has 0 aliphatic heterocycles. The van der Waals surface area contributed by atoms with Gasteiger partial charge in [0.15, 0.2) is 0 Å². The molecule has 2 N–H and O–H groups in total. The van der Waals surface area contributed by atoms with E-state index in [0.29, 0.717) is 0 Å². The van der Waals surface area contributed by atoms with Crippen LogP contribution in [-0.4, -0.2) is 6.04 Å². The molecule has 0 amide bonds. The fourth-order valence-corrected chi connectivity index (χ4v) is 2.50. The van der Waals surface area contributed by atoms with Gasteiger partial charge >= 0.3 is 0 Å². The summed E-state index contributed by atoms with van der Waals surface area (Å²) in [6.07, 6.45) is 0.731. The Morgan fingerprint density at radius 1 is 1.10 bits per heavy atom. The molecule has 2 rings (SSSR count). The van der Waals surface area contributed by atoms with Crippen LogP contribution in [0, 0.1) is 13.8 Å². The summed E-state index contributed by atoms with van der Waals surface area (Å²) < 4.78 is 7.32. The number of nitrogens with two attached hydrogens (primary N) is 1. The van der Waals surface area contributed by atoms with Crippen LogP contribution >= 0.6 is 15.9 Å². The van der Waals surface area contributed by atoms with Crippen LogP contribution in [0.2, 0.25) is 0 Å². The average molecular weight is 348 g/mol. The number of halogens is 1. The number of benzene rings is 2. The number of hydrogen-bond donors (Lipinski definition) is 1. The molecule has 2 aromatic rings. The second-order valence-electron chi connectivity index (χ2n) is 5.43. The molecule has 0 aliphatic rings. The van der Waals surface area contributed by atoms with Gasteiger partial charge < -0.3 is 10.5 Å². The Morgan fingerprint density at radius 3 is 2.38 bits per heavy atom. The Balaban J connectivity index is 2.32. The van der Waals surface area contributed by atoms with Crippen LogP contribution in [0.1, 0.15) is 36.1 Å². The minimum Gasteiger partial charge on any atom is -0.484 e. The highest BCUT2D eigenvalue weighted by Gasteiger charge is 2.21. The molecule has 2 unspecified atom stereocenters. The number of ether oxygens (including phenoxy) is 1. The van der Waals surface area contributed by atoms with Crippen molar-refractivity contribution in [2.75, 3.05) is 0 Å². The summed E-state index contributed by atoms with van der Waals surface area (Å²) in [5.41, 5.74) is 9.71. The minimum atomic E-state index is -0.136. The van der Waals surface area contributed by atoms with Gasteiger partial charge in [0.25, 0.3) is 0 Å². The lowest BCUT2D eigenvalue weighted by Gasteiger charge is -2.26. The van der Waals surface area contributed by atoms with Gasteiger partial charge in [0.2, 0.25) is 0 Å². The van der Waals surface area contributed by atoms with Crippen molar-refractivity contribution in [3.63, 3.8) is 0 Å². The summed E-state index contributed by atoms with van der Waals surface area (Å²) in [7, 11) is 0. The highest BCUT2D eigenvalue weighted by Crippen LogP contribution is 2.29. The van der Waals surface area contributed by atoms with Crippen molar-refractivity contribution in [2.24, 2.45) is 5.73 Å². The van der Waals surface area contributed by atoms with Crippen LogP contribution in [-0.2, 0) is 0 Å². The van der Waals surface area contributed by atoms with Gasteiger partial charge in [-0.05, 0) is 55.2 Å². The summed E-state index contributed by atoms with van der Waals surface area (Å²) in [6, 6.07) is 14.4. The second kappa shape index (κ2) is 7.10. The number of hydrogen-bond acceptors (Lipinski definition) is 2. The zero-order chi connectivity index (χ0) is 15.4. The summed E-state index contributed by atoms with van der Waals surface area (Å²) in [4.78, 5) is 0. The van der Waals surface area contributed by atoms with Crippen LogP contribution in [0.25, 0.3) is 0 Å². The fraction of sp³-hybridized carbons (Fsp3) is 0.333. The predicted molar refractivity (Wildman–Crippen MR) is 91.7 cm³/mol.